The van der Waals surface area contributed by atoms with Gasteiger partial charge in [-0.3, -0.25) is 14.4 Å². The van der Waals surface area contributed by atoms with Gasteiger partial charge in [0.2, 0.25) is 0 Å². The molecule has 0 N–H and O–H groups in total. The standard InChI is InChI=1S/C62H112O6/c1-4-7-10-13-16-19-22-25-27-29-30-31-32-33-35-37-40-43-46-49-52-55-61(64)67-58-59(57-66-60(63)54-51-48-45-42-39-36-24-21-18-15-12-9-6-3)68-62(65)56-53-50-47-44-41-38-34-28-26-23-20-17-14-11-8-5-2/h20-21,23-24,28-30,34,59H,4-19,22,25-27,31-33,35-58H2,1-3H3/b23-20-,24-21-,30-29-,34-28-. The molecule has 68 heavy (non-hydrogen) atoms. The Morgan fingerprint density at radius 2 is 0.529 bits per heavy atom. The summed E-state index contributed by atoms with van der Waals surface area (Å²) in [7, 11) is 0. The molecule has 1 unspecified atom stereocenters. The van der Waals surface area contributed by atoms with Crippen molar-refractivity contribution in [3.05, 3.63) is 48.6 Å². The zero-order chi connectivity index (χ0) is 49.3. The van der Waals surface area contributed by atoms with Gasteiger partial charge in [0.05, 0.1) is 0 Å². The van der Waals surface area contributed by atoms with E-state index in [1.54, 1.807) is 0 Å². The number of allylic oxidation sites excluding steroid dienone is 8. The Hall–Kier alpha value is -2.63. The Labute approximate surface area is 422 Å². The Bertz CT molecular complexity index is 1190. The summed E-state index contributed by atoms with van der Waals surface area (Å²) in [5, 5.41) is 0. The zero-order valence-corrected chi connectivity index (χ0v) is 45.4. The second-order valence-electron chi connectivity index (χ2n) is 19.9. The van der Waals surface area contributed by atoms with E-state index in [0.29, 0.717) is 19.3 Å². The minimum Gasteiger partial charge on any atom is -0.462 e. The Kier molecular flexibility index (Phi) is 54.8. The zero-order valence-electron chi connectivity index (χ0n) is 45.4. The van der Waals surface area contributed by atoms with Crippen molar-refractivity contribution in [2.45, 2.75) is 316 Å². The maximum Gasteiger partial charge on any atom is 0.306 e. The van der Waals surface area contributed by atoms with E-state index >= 15 is 0 Å². The maximum absolute atomic E-state index is 12.8. The molecule has 0 aromatic heterocycles. The van der Waals surface area contributed by atoms with E-state index in [1.807, 2.05) is 0 Å². The first-order valence-electron chi connectivity index (χ1n) is 29.6. The molecule has 0 amide bonds. The first-order chi connectivity index (χ1) is 33.5. The van der Waals surface area contributed by atoms with Crippen molar-refractivity contribution in [3.63, 3.8) is 0 Å². The van der Waals surface area contributed by atoms with Crippen LogP contribution in [-0.2, 0) is 28.6 Å². The fourth-order valence-corrected chi connectivity index (χ4v) is 8.52. The highest BCUT2D eigenvalue weighted by molar-refractivity contribution is 5.71. The summed E-state index contributed by atoms with van der Waals surface area (Å²) in [6.45, 7) is 6.62. The Morgan fingerprint density at radius 1 is 0.294 bits per heavy atom. The number of hydrogen-bond donors (Lipinski definition) is 0. The number of ether oxygens (including phenoxy) is 3. The van der Waals surface area contributed by atoms with Crippen molar-refractivity contribution in [2.24, 2.45) is 0 Å². The molecule has 0 saturated carbocycles. The third-order valence-electron chi connectivity index (χ3n) is 13.0. The molecule has 0 bridgehead atoms. The van der Waals surface area contributed by atoms with Gasteiger partial charge >= 0.3 is 17.9 Å². The first-order valence-corrected chi connectivity index (χ1v) is 29.6. The monoisotopic (exact) mass is 953 g/mol. The van der Waals surface area contributed by atoms with Crippen LogP contribution in [0.3, 0.4) is 0 Å². The van der Waals surface area contributed by atoms with Crippen LogP contribution in [0.2, 0.25) is 0 Å². The van der Waals surface area contributed by atoms with Gasteiger partial charge in [0, 0.05) is 19.3 Å². The Balaban J connectivity index is 4.34. The molecular weight excluding hydrogens is 841 g/mol. The molecule has 6 nitrogen and oxygen atoms in total. The summed E-state index contributed by atoms with van der Waals surface area (Å²) in [6, 6.07) is 0. The molecule has 0 heterocycles. The van der Waals surface area contributed by atoms with Crippen molar-refractivity contribution in [3.8, 4) is 0 Å². The lowest BCUT2D eigenvalue weighted by molar-refractivity contribution is -0.167. The minimum absolute atomic E-state index is 0.0810. The van der Waals surface area contributed by atoms with Crippen LogP contribution < -0.4 is 0 Å². The summed E-state index contributed by atoms with van der Waals surface area (Å²) in [5.41, 5.74) is 0. The predicted octanol–water partition coefficient (Wildman–Crippen LogP) is 19.8. The summed E-state index contributed by atoms with van der Waals surface area (Å²) in [5.74, 6) is -0.893. The largest absolute Gasteiger partial charge is 0.462 e. The number of esters is 3. The van der Waals surface area contributed by atoms with Gasteiger partial charge in [-0.2, -0.15) is 0 Å². The van der Waals surface area contributed by atoms with Crippen LogP contribution in [0.5, 0.6) is 0 Å². The number of carbonyl (C=O) groups is 3. The third-order valence-corrected chi connectivity index (χ3v) is 13.0. The lowest BCUT2D eigenvalue weighted by Gasteiger charge is -2.18. The smallest absolute Gasteiger partial charge is 0.306 e. The second-order valence-corrected chi connectivity index (χ2v) is 19.9. The second kappa shape index (κ2) is 57.0. The normalized spacial score (nSPS) is 12.3. The van der Waals surface area contributed by atoms with Gasteiger partial charge in [0.1, 0.15) is 13.2 Å². The molecule has 0 fully saturated rings. The van der Waals surface area contributed by atoms with Gasteiger partial charge in [-0.05, 0) is 103 Å². The van der Waals surface area contributed by atoms with E-state index in [-0.39, 0.29) is 31.1 Å². The van der Waals surface area contributed by atoms with Crippen molar-refractivity contribution in [1.29, 1.82) is 0 Å². The number of rotatable bonds is 54. The van der Waals surface area contributed by atoms with E-state index in [2.05, 4.69) is 69.4 Å². The number of carbonyl (C=O) groups excluding carboxylic acids is 3. The molecule has 0 radical (unpaired) electrons. The molecule has 396 valence electrons. The van der Waals surface area contributed by atoms with Crippen molar-refractivity contribution in [2.75, 3.05) is 13.2 Å². The van der Waals surface area contributed by atoms with E-state index in [4.69, 9.17) is 14.2 Å². The molecular formula is C62H112O6. The highest BCUT2D eigenvalue weighted by Gasteiger charge is 2.19. The quantitative estimate of drug-likeness (QED) is 0.0262. The molecule has 0 rings (SSSR count). The predicted molar refractivity (Wildman–Crippen MR) is 293 cm³/mol. The van der Waals surface area contributed by atoms with Crippen LogP contribution in [0.1, 0.15) is 310 Å². The molecule has 0 spiro atoms. The SMILES string of the molecule is CCCCCC/C=C\C/C=C\CCCCCCCC(=O)OC(COC(=O)CCCCCCC/C=C\CCCCCC)COC(=O)CCCCCCCCCCC/C=C\CCCCCCCCCC. The fourth-order valence-electron chi connectivity index (χ4n) is 8.52. The molecule has 6 heteroatoms. The van der Waals surface area contributed by atoms with E-state index in [0.717, 1.165) is 89.9 Å². The highest BCUT2D eigenvalue weighted by atomic mass is 16.6. The van der Waals surface area contributed by atoms with Crippen LogP contribution in [0, 0.1) is 0 Å². The fraction of sp³-hybridized carbons (Fsp3) is 0.823. The van der Waals surface area contributed by atoms with Crippen LogP contribution in [-0.4, -0.2) is 37.2 Å². The number of hydrogen-bond acceptors (Lipinski definition) is 6. The maximum atomic E-state index is 12.8. The van der Waals surface area contributed by atoms with Crippen LogP contribution in [0.15, 0.2) is 48.6 Å². The molecule has 0 aliphatic carbocycles. The average Bonchev–Trinajstić information content (AvgIpc) is 3.34. The van der Waals surface area contributed by atoms with Crippen molar-refractivity contribution in [1.82, 2.24) is 0 Å². The van der Waals surface area contributed by atoms with E-state index < -0.39 is 6.10 Å². The summed E-state index contributed by atoms with van der Waals surface area (Å²) < 4.78 is 16.9. The van der Waals surface area contributed by atoms with Gasteiger partial charge in [0.15, 0.2) is 6.10 Å². The summed E-state index contributed by atoms with van der Waals surface area (Å²) in [6.07, 6.45) is 69.6. The van der Waals surface area contributed by atoms with Gasteiger partial charge in [-0.15, -0.1) is 0 Å². The molecule has 0 saturated heterocycles. The third kappa shape index (κ3) is 54.3. The lowest BCUT2D eigenvalue weighted by atomic mass is 10.1. The van der Waals surface area contributed by atoms with Crippen molar-refractivity contribution < 1.29 is 28.6 Å². The topological polar surface area (TPSA) is 78.9 Å². The number of unbranched alkanes of at least 4 members (excludes halogenated alkanes) is 35. The molecule has 1 atom stereocenters. The highest BCUT2D eigenvalue weighted by Crippen LogP contribution is 2.15. The van der Waals surface area contributed by atoms with Crippen LogP contribution in [0.4, 0.5) is 0 Å². The molecule has 0 aliphatic rings. The van der Waals surface area contributed by atoms with Crippen molar-refractivity contribution >= 4 is 17.9 Å². The minimum atomic E-state index is -0.784. The molecule has 0 aromatic carbocycles. The lowest BCUT2D eigenvalue weighted by Crippen LogP contribution is -2.30. The molecule has 0 aliphatic heterocycles. The Morgan fingerprint density at radius 3 is 0.838 bits per heavy atom. The van der Waals surface area contributed by atoms with Gasteiger partial charge in [-0.1, -0.05) is 236 Å². The van der Waals surface area contributed by atoms with Gasteiger partial charge < -0.3 is 14.2 Å². The summed E-state index contributed by atoms with van der Waals surface area (Å²) >= 11 is 0. The van der Waals surface area contributed by atoms with Gasteiger partial charge in [-0.25, -0.2) is 0 Å². The summed E-state index contributed by atoms with van der Waals surface area (Å²) in [4.78, 5) is 38.2. The van der Waals surface area contributed by atoms with E-state index in [9.17, 15) is 14.4 Å². The first kappa shape index (κ1) is 65.4. The van der Waals surface area contributed by atoms with Gasteiger partial charge in [0.25, 0.3) is 0 Å². The van der Waals surface area contributed by atoms with Crippen LogP contribution in [0.25, 0.3) is 0 Å². The average molecular weight is 954 g/mol. The van der Waals surface area contributed by atoms with E-state index in [1.165, 1.54) is 180 Å². The molecule has 0 aromatic rings. The van der Waals surface area contributed by atoms with Crippen LogP contribution >= 0.6 is 0 Å².